The molecule has 2 nitrogen and oxygen atoms in total. The average Bonchev–Trinajstić information content (AvgIpc) is 2.91. The third-order valence-corrected chi connectivity index (χ3v) is 6.28. The predicted octanol–water partition coefficient (Wildman–Crippen LogP) is 5.37. The predicted molar refractivity (Wildman–Crippen MR) is 109 cm³/mol. The highest BCUT2D eigenvalue weighted by atomic mass is 32.2. The van der Waals surface area contributed by atoms with Gasteiger partial charge < -0.3 is 9.47 Å². The van der Waals surface area contributed by atoms with Gasteiger partial charge in [0.1, 0.15) is 0 Å². The zero-order chi connectivity index (χ0) is 17.5. The van der Waals surface area contributed by atoms with Crippen LogP contribution in [0.15, 0.2) is 60.7 Å². The Morgan fingerprint density at radius 3 is 1.52 bits per heavy atom. The van der Waals surface area contributed by atoms with Crippen molar-refractivity contribution in [3.8, 4) is 0 Å². The number of hydrogen-bond acceptors (Lipinski definition) is 4. The molecule has 2 aromatic carbocycles. The molecule has 1 saturated heterocycles. The van der Waals surface area contributed by atoms with Gasteiger partial charge in [0.05, 0.1) is 12.2 Å². The van der Waals surface area contributed by atoms with E-state index in [4.69, 9.17) is 9.47 Å². The number of benzene rings is 2. The van der Waals surface area contributed by atoms with E-state index < -0.39 is 5.79 Å². The Hall–Kier alpha value is -0.940. The van der Waals surface area contributed by atoms with Crippen molar-refractivity contribution < 1.29 is 9.47 Å². The van der Waals surface area contributed by atoms with Gasteiger partial charge in [-0.2, -0.15) is 23.5 Å². The Labute approximate surface area is 159 Å². The second-order valence-corrected chi connectivity index (χ2v) is 8.77. The van der Waals surface area contributed by atoms with Gasteiger partial charge in [0.25, 0.3) is 0 Å². The molecule has 3 rings (SSSR count). The van der Waals surface area contributed by atoms with Crippen LogP contribution in [-0.2, 0) is 21.0 Å². The third kappa shape index (κ3) is 6.07. The van der Waals surface area contributed by atoms with Crippen LogP contribution in [0.5, 0.6) is 0 Å². The van der Waals surface area contributed by atoms with Crippen molar-refractivity contribution in [1.29, 1.82) is 0 Å². The molecule has 4 heteroatoms. The SMILES string of the molecule is CC1(C)O[C@@H](CSCc2ccccc2)[C@H](CSCc2ccccc2)O1. The standard InChI is InChI=1S/C21H26O2S2/c1-21(2)22-19(15-24-13-17-9-5-3-6-10-17)20(23-21)16-25-14-18-11-7-4-8-12-18/h3-12,19-20H,13-16H2,1-2H3/t19-,20-/m0/s1. The summed E-state index contributed by atoms with van der Waals surface area (Å²) in [6, 6.07) is 21.2. The van der Waals surface area contributed by atoms with Crippen LogP contribution in [0.25, 0.3) is 0 Å². The summed E-state index contributed by atoms with van der Waals surface area (Å²) in [7, 11) is 0. The van der Waals surface area contributed by atoms with Gasteiger partial charge in [-0.3, -0.25) is 0 Å². The van der Waals surface area contributed by atoms with Gasteiger partial charge in [-0.15, -0.1) is 0 Å². The van der Waals surface area contributed by atoms with Crippen molar-refractivity contribution >= 4 is 23.5 Å². The van der Waals surface area contributed by atoms with Gasteiger partial charge >= 0.3 is 0 Å². The van der Waals surface area contributed by atoms with E-state index in [-0.39, 0.29) is 12.2 Å². The van der Waals surface area contributed by atoms with E-state index in [0.717, 1.165) is 23.0 Å². The molecular weight excluding hydrogens is 348 g/mol. The first-order valence-electron chi connectivity index (χ1n) is 8.71. The molecule has 0 unspecified atom stereocenters. The van der Waals surface area contributed by atoms with Gasteiger partial charge in [-0.05, 0) is 25.0 Å². The summed E-state index contributed by atoms with van der Waals surface area (Å²) in [5, 5.41) is 0. The van der Waals surface area contributed by atoms with Crippen LogP contribution in [0.1, 0.15) is 25.0 Å². The summed E-state index contributed by atoms with van der Waals surface area (Å²) < 4.78 is 12.3. The molecule has 1 heterocycles. The van der Waals surface area contributed by atoms with Crippen molar-refractivity contribution in [2.45, 2.75) is 43.3 Å². The highest BCUT2D eigenvalue weighted by Gasteiger charge is 2.40. The zero-order valence-electron chi connectivity index (χ0n) is 14.9. The Morgan fingerprint density at radius 2 is 1.12 bits per heavy atom. The minimum Gasteiger partial charge on any atom is -0.344 e. The maximum absolute atomic E-state index is 6.15. The quantitative estimate of drug-likeness (QED) is 0.618. The largest absolute Gasteiger partial charge is 0.344 e. The molecular formula is C21H26O2S2. The minimum atomic E-state index is -0.476. The van der Waals surface area contributed by atoms with Crippen LogP contribution >= 0.6 is 23.5 Å². The van der Waals surface area contributed by atoms with Crippen LogP contribution in [0.3, 0.4) is 0 Å². The molecule has 0 aliphatic carbocycles. The lowest BCUT2D eigenvalue weighted by Crippen LogP contribution is -2.27. The molecule has 134 valence electrons. The molecule has 1 fully saturated rings. The van der Waals surface area contributed by atoms with Crippen molar-refractivity contribution in [3.05, 3.63) is 71.8 Å². The molecule has 2 aromatic rings. The van der Waals surface area contributed by atoms with Crippen LogP contribution in [0.2, 0.25) is 0 Å². The van der Waals surface area contributed by atoms with Crippen LogP contribution < -0.4 is 0 Å². The number of thioether (sulfide) groups is 2. The minimum absolute atomic E-state index is 0.159. The lowest BCUT2D eigenvalue weighted by atomic mass is 10.2. The maximum Gasteiger partial charge on any atom is 0.163 e. The molecule has 25 heavy (non-hydrogen) atoms. The maximum atomic E-state index is 6.15. The molecule has 1 aliphatic rings. The molecule has 1 aliphatic heterocycles. The first-order chi connectivity index (χ1) is 12.1. The van der Waals surface area contributed by atoms with Gasteiger partial charge in [0.15, 0.2) is 5.79 Å². The first-order valence-corrected chi connectivity index (χ1v) is 11.0. The lowest BCUT2D eigenvalue weighted by Gasteiger charge is -2.16. The van der Waals surface area contributed by atoms with E-state index in [1.807, 2.05) is 37.4 Å². The zero-order valence-corrected chi connectivity index (χ0v) is 16.5. The van der Waals surface area contributed by atoms with Gasteiger partial charge in [0.2, 0.25) is 0 Å². The second-order valence-electron chi connectivity index (χ2n) is 6.71. The van der Waals surface area contributed by atoms with Gasteiger partial charge in [-0.1, -0.05) is 60.7 Å². The average molecular weight is 375 g/mol. The molecule has 0 saturated carbocycles. The highest BCUT2D eigenvalue weighted by Crippen LogP contribution is 2.33. The summed E-state index contributed by atoms with van der Waals surface area (Å²) in [6.45, 7) is 4.04. The summed E-state index contributed by atoms with van der Waals surface area (Å²) in [5.41, 5.74) is 2.72. The highest BCUT2D eigenvalue weighted by molar-refractivity contribution is 7.98. The summed E-state index contributed by atoms with van der Waals surface area (Å²) >= 11 is 3.85. The third-order valence-electron chi connectivity index (χ3n) is 4.07. The van der Waals surface area contributed by atoms with Crippen molar-refractivity contribution in [3.63, 3.8) is 0 Å². The summed E-state index contributed by atoms with van der Waals surface area (Å²) in [5.74, 6) is 3.50. The number of hydrogen-bond donors (Lipinski definition) is 0. The van der Waals surface area contributed by atoms with E-state index >= 15 is 0 Å². The fourth-order valence-electron chi connectivity index (χ4n) is 2.93. The lowest BCUT2D eigenvalue weighted by molar-refractivity contribution is -0.142. The van der Waals surface area contributed by atoms with Crippen LogP contribution in [-0.4, -0.2) is 29.5 Å². The number of rotatable bonds is 8. The fraction of sp³-hybridized carbons (Fsp3) is 0.429. The Morgan fingerprint density at radius 1 is 0.720 bits per heavy atom. The summed E-state index contributed by atoms with van der Waals surface area (Å²) in [6.07, 6.45) is 0.318. The van der Waals surface area contributed by atoms with Crippen molar-refractivity contribution in [1.82, 2.24) is 0 Å². The molecule has 0 radical (unpaired) electrons. The van der Waals surface area contributed by atoms with E-state index in [1.54, 1.807) is 0 Å². The molecule has 0 aromatic heterocycles. The topological polar surface area (TPSA) is 18.5 Å². The molecule has 0 N–H and O–H groups in total. The van der Waals surface area contributed by atoms with Crippen molar-refractivity contribution in [2.24, 2.45) is 0 Å². The Kier molecular flexibility index (Phi) is 6.88. The molecule has 0 spiro atoms. The van der Waals surface area contributed by atoms with Crippen LogP contribution in [0.4, 0.5) is 0 Å². The first kappa shape index (κ1) is 18.8. The fourth-order valence-corrected chi connectivity index (χ4v) is 5.05. The summed E-state index contributed by atoms with van der Waals surface area (Å²) in [4.78, 5) is 0. The second kappa shape index (κ2) is 9.13. The number of ether oxygens (including phenoxy) is 2. The normalized spacial score (nSPS) is 22.2. The van der Waals surface area contributed by atoms with E-state index in [1.165, 1.54) is 11.1 Å². The molecule has 0 amide bonds. The van der Waals surface area contributed by atoms with E-state index in [0.29, 0.717) is 0 Å². The monoisotopic (exact) mass is 374 g/mol. The molecule has 0 bridgehead atoms. The van der Waals surface area contributed by atoms with Crippen molar-refractivity contribution in [2.75, 3.05) is 11.5 Å². The van der Waals surface area contributed by atoms with Crippen LogP contribution in [0, 0.1) is 0 Å². The Bertz CT molecular complexity index is 575. The smallest absolute Gasteiger partial charge is 0.163 e. The molecule has 2 atom stereocenters. The Balaban J connectivity index is 1.46. The van der Waals surface area contributed by atoms with Gasteiger partial charge in [0, 0.05) is 23.0 Å². The van der Waals surface area contributed by atoms with E-state index in [2.05, 4.69) is 60.7 Å². The van der Waals surface area contributed by atoms with E-state index in [9.17, 15) is 0 Å². The van der Waals surface area contributed by atoms with Gasteiger partial charge in [-0.25, -0.2) is 0 Å².